The van der Waals surface area contributed by atoms with Crippen LogP contribution in [-0.4, -0.2) is 42.2 Å². The van der Waals surface area contributed by atoms with E-state index in [1.54, 1.807) is 12.0 Å². The predicted octanol–water partition coefficient (Wildman–Crippen LogP) is 3.66. The fourth-order valence-electron chi connectivity index (χ4n) is 3.95. The summed E-state index contributed by atoms with van der Waals surface area (Å²) in [4.78, 5) is 26.6. The lowest BCUT2D eigenvalue weighted by Crippen LogP contribution is -2.42. The van der Waals surface area contributed by atoms with Gasteiger partial charge < -0.3 is 24.3 Å². The molecular weight excluding hydrogens is 394 g/mol. The van der Waals surface area contributed by atoms with Crippen molar-refractivity contribution in [2.24, 2.45) is 0 Å². The number of carbonyl (C=O) groups excluding carboxylic acids is 2. The Morgan fingerprint density at radius 3 is 2.55 bits per heavy atom. The Bertz CT molecular complexity index is 1070. The van der Waals surface area contributed by atoms with Gasteiger partial charge in [-0.15, -0.1) is 0 Å². The van der Waals surface area contributed by atoms with Crippen molar-refractivity contribution in [1.82, 2.24) is 14.8 Å². The smallest absolute Gasteiger partial charge is 0.318 e. The van der Waals surface area contributed by atoms with Crippen molar-refractivity contribution in [1.29, 1.82) is 0 Å². The van der Waals surface area contributed by atoms with Gasteiger partial charge in [-0.3, -0.25) is 4.79 Å². The van der Waals surface area contributed by atoms with Crippen LogP contribution < -0.4 is 10.1 Å². The molecular formula is C24H25N3O4. The Hall–Kier alpha value is -3.74. The standard InChI is InChI=1S/C24H25N3O4/c1-30-19-11-9-17(10-12-19)23-21-8-5-15-26(21)20-7-4-3-6-18(20)16-27(23)24(29)25-14-13-22(28)31-2/h3-12,15,23H,13-14,16H2,1-2H3,(H,25,29)/t23-/m1/s1. The number of para-hydroxylation sites is 1. The first-order valence-electron chi connectivity index (χ1n) is 10.1. The molecule has 1 aliphatic rings. The molecule has 7 nitrogen and oxygen atoms in total. The second-order valence-corrected chi connectivity index (χ2v) is 7.29. The molecule has 31 heavy (non-hydrogen) atoms. The number of urea groups is 1. The van der Waals surface area contributed by atoms with Crippen molar-refractivity contribution < 1.29 is 19.1 Å². The Morgan fingerprint density at radius 2 is 1.81 bits per heavy atom. The quantitative estimate of drug-likeness (QED) is 0.641. The average Bonchev–Trinajstić information content (AvgIpc) is 3.23. The minimum Gasteiger partial charge on any atom is -0.497 e. The van der Waals surface area contributed by atoms with Gasteiger partial charge in [0, 0.05) is 18.4 Å². The monoisotopic (exact) mass is 419 g/mol. The van der Waals surface area contributed by atoms with Gasteiger partial charge in [0.05, 0.1) is 38.9 Å². The van der Waals surface area contributed by atoms with Crippen LogP contribution in [0.25, 0.3) is 5.69 Å². The molecule has 0 saturated carbocycles. The zero-order chi connectivity index (χ0) is 21.8. The molecule has 0 aliphatic carbocycles. The molecule has 0 bridgehead atoms. The van der Waals surface area contributed by atoms with Gasteiger partial charge in [0.1, 0.15) is 5.75 Å². The normalized spacial score (nSPS) is 14.8. The minimum absolute atomic E-state index is 0.121. The minimum atomic E-state index is -0.359. The van der Waals surface area contributed by atoms with Crippen LogP contribution in [0.3, 0.4) is 0 Å². The van der Waals surface area contributed by atoms with Crippen LogP contribution in [0.2, 0.25) is 0 Å². The summed E-state index contributed by atoms with van der Waals surface area (Å²) in [6.45, 7) is 0.638. The van der Waals surface area contributed by atoms with Gasteiger partial charge in [0.25, 0.3) is 0 Å². The van der Waals surface area contributed by atoms with E-state index in [1.807, 2.05) is 60.8 Å². The summed E-state index contributed by atoms with van der Waals surface area (Å²) in [5, 5.41) is 2.87. The number of hydrogen-bond acceptors (Lipinski definition) is 4. The Morgan fingerprint density at radius 1 is 1.03 bits per heavy atom. The summed E-state index contributed by atoms with van der Waals surface area (Å²) in [5.41, 5.74) is 4.04. The fourth-order valence-corrected chi connectivity index (χ4v) is 3.95. The molecule has 0 saturated heterocycles. The summed E-state index contributed by atoms with van der Waals surface area (Å²) in [7, 11) is 2.97. The van der Waals surface area contributed by atoms with Crippen LogP contribution in [-0.2, 0) is 16.1 Å². The average molecular weight is 419 g/mol. The van der Waals surface area contributed by atoms with Crippen LogP contribution in [0.15, 0.2) is 66.9 Å². The fraction of sp³-hybridized carbons (Fsp3) is 0.250. The van der Waals surface area contributed by atoms with Crippen molar-refractivity contribution in [3.63, 3.8) is 0 Å². The number of aromatic nitrogens is 1. The number of fused-ring (bicyclic) bond motifs is 3. The van der Waals surface area contributed by atoms with Crippen molar-refractivity contribution in [3.05, 3.63) is 83.7 Å². The van der Waals surface area contributed by atoms with Gasteiger partial charge in [-0.1, -0.05) is 30.3 Å². The number of carbonyl (C=O) groups is 2. The summed E-state index contributed by atoms with van der Waals surface area (Å²) in [6.07, 6.45) is 2.14. The maximum absolute atomic E-state index is 13.3. The molecule has 4 rings (SSSR count). The highest BCUT2D eigenvalue weighted by atomic mass is 16.5. The Kier molecular flexibility index (Phi) is 5.93. The van der Waals surface area contributed by atoms with E-state index in [2.05, 4.69) is 20.7 Å². The largest absolute Gasteiger partial charge is 0.497 e. The third-order valence-corrected chi connectivity index (χ3v) is 5.49. The van der Waals surface area contributed by atoms with Crippen LogP contribution in [0.5, 0.6) is 5.75 Å². The molecule has 3 aromatic rings. The van der Waals surface area contributed by atoms with Gasteiger partial charge in [0.2, 0.25) is 0 Å². The molecule has 2 heterocycles. The van der Waals surface area contributed by atoms with E-state index in [0.29, 0.717) is 6.54 Å². The number of methoxy groups -OCH3 is 2. The van der Waals surface area contributed by atoms with E-state index in [-0.39, 0.29) is 31.0 Å². The zero-order valence-corrected chi connectivity index (χ0v) is 17.6. The van der Waals surface area contributed by atoms with E-state index in [1.165, 1.54) is 7.11 Å². The number of esters is 1. The number of nitrogens with one attached hydrogen (secondary N) is 1. The SMILES string of the molecule is COC(=O)CCNC(=O)N1Cc2ccccc2-n2cccc2[C@H]1c1ccc(OC)cc1. The van der Waals surface area contributed by atoms with E-state index in [4.69, 9.17) is 4.74 Å². The Labute approximate surface area is 181 Å². The summed E-state index contributed by atoms with van der Waals surface area (Å²) < 4.78 is 12.1. The lowest BCUT2D eigenvalue weighted by molar-refractivity contribution is -0.140. The predicted molar refractivity (Wildman–Crippen MR) is 116 cm³/mol. The van der Waals surface area contributed by atoms with Crippen LogP contribution in [0, 0.1) is 0 Å². The molecule has 1 aliphatic heterocycles. The van der Waals surface area contributed by atoms with Crippen molar-refractivity contribution >= 4 is 12.0 Å². The number of benzene rings is 2. The van der Waals surface area contributed by atoms with Crippen molar-refractivity contribution in [2.45, 2.75) is 19.0 Å². The van der Waals surface area contributed by atoms with Gasteiger partial charge >= 0.3 is 12.0 Å². The van der Waals surface area contributed by atoms with E-state index in [9.17, 15) is 9.59 Å². The molecule has 0 fully saturated rings. The lowest BCUT2D eigenvalue weighted by atomic mass is 10.0. The molecule has 160 valence electrons. The highest BCUT2D eigenvalue weighted by Gasteiger charge is 2.32. The second kappa shape index (κ2) is 8.95. The van der Waals surface area contributed by atoms with Crippen molar-refractivity contribution in [2.75, 3.05) is 20.8 Å². The number of hydrogen-bond donors (Lipinski definition) is 1. The lowest BCUT2D eigenvalue weighted by Gasteiger charge is -2.31. The number of ether oxygens (including phenoxy) is 2. The van der Waals surface area contributed by atoms with Crippen LogP contribution in [0.1, 0.15) is 29.3 Å². The van der Waals surface area contributed by atoms with E-state index in [0.717, 1.165) is 28.3 Å². The van der Waals surface area contributed by atoms with Gasteiger partial charge in [-0.25, -0.2) is 4.79 Å². The molecule has 1 atom stereocenters. The molecule has 0 unspecified atom stereocenters. The first-order chi connectivity index (χ1) is 15.1. The van der Waals surface area contributed by atoms with Crippen LogP contribution >= 0.6 is 0 Å². The molecule has 0 spiro atoms. The molecule has 1 N–H and O–H groups in total. The third kappa shape index (κ3) is 4.12. The molecule has 2 amide bonds. The highest BCUT2D eigenvalue weighted by Crippen LogP contribution is 2.37. The van der Waals surface area contributed by atoms with Gasteiger partial charge in [0.15, 0.2) is 0 Å². The maximum Gasteiger partial charge on any atom is 0.318 e. The molecule has 2 aromatic carbocycles. The summed E-state index contributed by atoms with van der Waals surface area (Å²) >= 11 is 0. The topological polar surface area (TPSA) is 72.8 Å². The second-order valence-electron chi connectivity index (χ2n) is 7.29. The number of rotatable bonds is 5. The Balaban J connectivity index is 1.74. The molecule has 1 aromatic heterocycles. The van der Waals surface area contributed by atoms with Gasteiger partial charge in [-0.05, 0) is 41.5 Å². The van der Waals surface area contributed by atoms with E-state index >= 15 is 0 Å². The first-order valence-corrected chi connectivity index (χ1v) is 10.1. The number of amides is 2. The summed E-state index contributed by atoms with van der Waals surface area (Å²) in [6, 6.07) is 19.3. The first kappa shape index (κ1) is 20.5. The van der Waals surface area contributed by atoms with Crippen LogP contribution in [0.4, 0.5) is 4.79 Å². The van der Waals surface area contributed by atoms with Crippen molar-refractivity contribution in [3.8, 4) is 11.4 Å². The zero-order valence-electron chi connectivity index (χ0n) is 17.6. The summed E-state index contributed by atoms with van der Waals surface area (Å²) in [5.74, 6) is 0.396. The van der Waals surface area contributed by atoms with E-state index < -0.39 is 0 Å². The van der Waals surface area contributed by atoms with Gasteiger partial charge in [-0.2, -0.15) is 0 Å². The maximum atomic E-state index is 13.3. The highest BCUT2D eigenvalue weighted by molar-refractivity contribution is 5.77. The third-order valence-electron chi connectivity index (χ3n) is 5.49. The molecule has 0 radical (unpaired) electrons. The molecule has 7 heteroatoms. The number of nitrogens with zero attached hydrogens (tertiary/aromatic N) is 2.